The third kappa shape index (κ3) is 2.70. The van der Waals surface area contributed by atoms with E-state index in [-0.39, 0.29) is 5.75 Å². The quantitative estimate of drug-likeness (QED) is 0.766. The molecule has 0 aliphatic heterocycles. The number of aromatic nitrogens is 1. The second kappa shape index (κ2) is 4.23. The lowest BCUT2D eigenvalue weighted by Gasteiger charge is -2.14. The molecule has 0 aliphatic rings. The van der Waals surface area contributed by atoms with Crippen molar-refractivity contribution in [1.29, 1.82) is 0 Å². The van der Waals surface area contributed by atoms with E-state index in [1.54, 1.807) is 6.07 Å². The van der Waals surface area contributed by atoms with E-state index >= 15 is 0 Å². The molecular weight excluding hydrogens is 164 g/mol. The molecule has 0 bridgehead atoms. The highest BCUT2D eigenvalue weighted by atomic mass is 16.3. The van der Waals surface area contributed by atoms with Gasteiger partial charge in [0, 0.05) is 12.2 Å². The Morgan fingerprint density at radius 2 is 2.15 bits per heavy atom. The van der Waals surface area contributed by atoms with Crippen LogP contribution in [0.2, 0.25) is 0 Å². The highest BCUT2D eigenvalue weighted by Crippen LogP contribution is 2.15. The fraction of sp³-hybridized carbons (Fsp3) is 0.500. The number of hydrogen-bond donors (Lipinski definition) is 1. The van der Waals surface area contributed by atoms with Crippen LogP contribution >= 0.6 is 0 Å². The predicted molar refractivity (Wildman–Crippen MR) is 52.6 cm³/mol. The maximum absolute atomic E-state index is 9.49. The Bertz CT molecular complexity index is 286. The van der Waals surface area contributed by atoms with Gasteiger partial charge in [-0.3, -0.25) is 4.98 Å². The van der Waals surface area contributed by atoms with Gasteiger partial charge in [0.15, 0.2) is 0 Å². The van der Waals surface area contributed by atoms with Gasteiger partial charge in [-0.25, -0.2) is 0 Å². The molecule has 0 saturated heterocycles. The molecule has 72 valence electrons. The Morgan fingerprint density at radius 1 is 1.46 bits per heavy atom. The molecule has 0 amide bonds. The molecule has 1 aromatic heterocycles. The zero-order valence-electron chi connectivity index (χ0n) is 8.41. The summed E-state index contributed by atoms with van der Waals surface area (Å²) in [6, 6.07) is 3.51. The Kier molecular flexibility index (Phi) is 3.25. The van der Waals surface area contributed by atoms with Gasteiger partial charge in [-0.2, -0.15) is 0 Å². The summed E-state index contributed by atoms with van der Waals surface area (Å²) in [6.07, 6.45) is 0. The maximum Gasteiger partial charge on any atom is 0.138 e. The van der Waals surface area contributed by atoms with Gasteiger partial charge >= 0.3 is 0 Å². The topological polar surface area (TPSA) is 36.4 Å². The van der Waals surface area contributed by atoms with Gasteiger partial charge in [0.2, 0.25) is 0 Å². The van der Waals surface area contributed by atoms with Crippen LogP contribution in [-0.4, -0.2) is 28.6 Å². The van der Waals surface area contributed by atoms with Crippen molar-refractivity contribution in [2.45, 2.75) is 20.4 Å². The summed E-state index contributed by atoms with van der Waals surface area (Å²) in [5.74, 6) is 0.283. The van der Waals surface area contributed by atoms with Gasteiger partial charge in [-0.15, -0.1) is 0 Å². The van der Waals surface area contributed by atoms with Crippen molar-refractivity contribution in [3.63, 3.8) is 0 Å². The molecule has 1 heterocycles. The van der Waals surface area contributed by atoms with Crippen molar-refractivity contribution in [1.82, 2.24) is 9.88 Å². The maximum atomic E-state index is 9.49. The number of hydrogen-bond acceptors (Lipinski definition) is 3. The first-order chi connectivity index (χ1) is 6.13. The molecule has 1 N–H and O–H groups in total. The fourth-order valence-electron chi connectivity index (χ4n) is 1.09. The highest BCUT2D eigenvalue weighted by molar-refractivity contribution is 5.27. The van der Waals surface area contributed by atoms with Crippen molar-refractivity contribution in [2.75, 3.05) is 13.6 Å². The minimum Gasteiger partial charge on any atom is -0.506 e. The lowest BCUT2D eigenvalue weighted by atomic mass is 10.2. The second-order valence-corrected chi connectivity index (χ2v) is 3.25. The highest BCUT2D eigenvalue weighted by Gasteiger charge is 2.04. The molecule has 0 radical (unpaired) electrons. The van der Waals surface area contributed by atoms with E-state index < -0.39 is 0 Å². The van der Waals surface area contributed by atoms with Gasteiger partial charge in [-0.1, -0.05) is 6.92 Å². The molecule has 0 aromatic carbocycles. The lowest BCUT2D eigenvalue weighted by Crippen LogP contribution is -2.17. The zero-order valence-corrected chi connectivity index (χ0v) is 8.41. The zero-order chi connectivity index (χ0) is 9.84. The van der Waals surface area contributed by atoms with Crippen molar-refractivity contribution >= 4 is 0 Å². The monoisotopic (exact) mass is 180 g/mol. The van der Waals surface area contributed by atoms with E-state index in [2.05, 4.69) is 16.8 Å². The Hall–Kier alpha value is -1.09. The Morgan fingerprint density at radius 3 is 2.77 bits per heavy atom. The molecule has 0 aliphatic carbocycles. The van der Waals surface area contributed by atoms with Gasteiger partial charge in [0.1, 0.15) is 5.75 Å². The molecule has 0 spiro atoms. The average molecular weight is 180 g/mol. The van der Waals surface area contributed by atoms with Crippen molar-refractivity contribution in [2.24, 2.45) is 0 Å². The first-order valence-corrected chi connectivity index (χ1v) is 4.47. The van der Waals surface area contributed by atoms with E-state index in [0.29, 0.717) is 6.54 Å². The molecule has 0 unspecified atom stereocenters. The van der Waals surface area contributed by atoms with Gasteiger partial charge in [0.05, 0.1) is 5.69 Å². The largest absolute Gasteiger partial charge is 0.506 e. The van der Waals surface area contributed by atoms with Crippen molar-refractivity contribution in [3.05, 3.63) is 23.5 Å². The molecular formula is C10H16N2O. The Labute approximate surface area is 79.0 Å². The van der Waals surface area contributed by atoms with E-state index in [9.17, 15) is 5.11 Å². The van der Waals surface area contributed by atoms with Crippen LogP contribution in [0.1, 0.15) is 18.3 Å². The minimum absolute atomic E-state index is 0.283. The van der Waals surface area contributed by atoms with Crippen LogP contribution < -0.4 is 0 Å². The van der Waals surface area contributed by atoms with E-state index in [1.165, 1.54) is 0 Å². The molecule has 0 atom stereocenters. The smallest absolute Gasteiger partial charge is 0.138 e. The standard InChI is InChI=1S/C10H16N2O/c1-4-12(3)7-9-10(13)6-5-8(2)11-9/h5-6,13H,4,7H2,1-3H3. The molecule has 0 fully saturated rings. The molecule has 3 nitrogen and oxygen atoms in total. The van der Waals surface area contributed by atoms with E-state index in [4.69, 9.17) is 0 Å². The van der Waals surface area contributed by atoms with Crippen LogP contribution in [0.5, 0.6) is 5.75 Å². The van der Waals surface area contributed by atoms with Crippen LogP contribution in [-0.2, 0) is 6.54 Å². The number of pyridine rings is 1. The summed E-state index contributed by atoms with van der Waals surface area (Å²) in [5.41, 5.74) is 1.70. The summed E-state index contributed by atoms with van der Waals surface area (Å²) < 4.78 is 0. The normalized spacial score (nSPS) is 10.8. The predicted octanol–water partition coefficient (Wildman–Crippen LogP) is 1.55. The lowest BCUT2D eigenvalue weighted by molar-refractivity contribution is 0.331. The van der Waals surface area contributed by atoms with Crippen LogP contribution in [0, 0.1) is 6.92 Å². The molecule has 13 heavy (non-hydrogen) atoms. The van der Waals surface area contributed by atoms with Gasteiger partial charge in [0.25, 0.3) is 0 Å². The number of nitrogens with zero attached hydrogens (tertiary/aromatic N) is 2. The molecule has 1 rings (SSSR count). The summed E-state index contributed by atoms with van der Waals surface area (Å²) in [6.45, 7) is 5.65. The first-order valence-electron chi connectivity index (χ1n) is 4.47. The van der Waals surface area contributed by atoms with Crippen LogP contribution in [0.3, 0.4) is 0 Å². The molecule has 1 aromatic rings. The van der Waals surface area contributed by atoms with Crippen molar-refractivity contribution in [3.8, 4) is 5.75 Å². The summed E-state index contributed by atoms with van der Waals surface area (Å²) >= 11 is 0. The van der Waals surface area contributed by atoms with Crippen LogP contribution in [0.25, 0.3) is 0 Å². The van der Waals surface area contributed by atoms with Gasteiger partial charge in [-0.05, 0) is 32.6 Å². The second-order valence-electron chi connectivity index (χ2n) is 3.25. The number of aryl methyl sites for hydroxylation is 1. The number of aromatic hydroxyl groups is 1. The summed E-state index contributed by atoms with van der Waals surface area (Å²) in [7, 11) is 2.00. The minimum atomic E-state index is 0.283. The van der Waals surface area contributed by atoms with Gasteiger partial charge < -0.3 is 10.0 Å². The average Bonchev–Trinajstić information content (AvgIpc) is 2.11. The Balaban J connectivity index is 2.81. The molecule has 3 heteroatoms. The number of rotatable bonds is 3. The molecule has 0 saturated carbocycles. The SMILES string of the molecule is CCN(C)Cc1nc(C)ccc1O. The van der Waals surface area contributed by atoms with Crippen LogP contribution in [0.15, 0.2) is 12.1 Å². The summed E-state index contributed by atoms with van der Waals surface area (Å²) in [5, 5.41) is 9.49. The van der Waals surface area contributed by atoms with Crippen LogP contribution in [0.4, 0.5) is 0 Å². The summed E-state index contributed by atoms with van der Waals surface area (Å²) in [4.78, 5) is 6.37. The van der Waals surface area contributed by atoms with E-state index in [1.807, 2.05) is 20.0 Å². The fourth-order valence-corrected chi connectivity index (χ4v) is 1.09. The third-order valence-corrected chi connectivity index (χ3v) is 2.05. The van der Waals surface area contributed by atoms with E-state index in [0.717, 1.165) is 17.9 Å². The third-order valence-electron chi connectivity index (χ3n) is 2.05. The van der Waals surface area contributed by atoms with Crippen molar-refractivity contribution < 1.29 is 5.11 Å². The first kappa shape index (κ1) is 9.99.